The summed E-state index contributed by atoms with van der Waals surface area (Å²) in [4.78, 5) is 5.22. The number of fused-ring (bicyclic) bond motifs is 14. The van der Waals surface area contributed by atoms with Crippen LogP contribution < -0.4 is 0 Å². The highest BCUT2D eigenvalue weighted by atomic mass is 15.0. The summed E-state index contributed by atoms with van der Waals surface area (Å²) in [5.74, 6) is 0. The van der Waals surface area contributed by atoms with Gasteiger partial charge in [0.2, 0.25) is 0 Å². The van der Waals surface area contributed by atoms with Crippen LogP contribution in [0.15, 0.2) is 84.9 Å². The molecule has 0 atom stereocenters. The molecule has 2 heterocycles. The Hall–Kier alpha value is -3.91. The van der Waals surface area contributed by atoms with Gasteiger partial charge in [-0.3, -0.25) is 4.40 Å². The first kappa shape index (κ1) is 15.9. The van der Waals surface area contributed by atoms with Crippen LogP contribution in [0.2, 0.25) is 0 Å². The van der Waals surface area contributed by atoms with E-state index in [0.717, 1.165) is 18.5 Å². The number of para-hydroxylation sites is 1. The van der Waals surface area contributed by atoms with Crippen molar-refractivity contribution in [1.82, 2.24) is 9.38 Å². The largest absolute Gasteiger partial charge is 0.291 e. The van der Waals surface area contributed by atoms with Crippen LogP contribution in [0.4, 0.5) is 0 Å². The van der Waals surface area contributed by atoms with Gasteiger partial charge in [0, 0.05) is 22.8 Å². The smallest absolute Gasteiger partial charge is 0.145 e. The zero-order valence-electron chi connectivity index (χ0n) is 16.9. The van der Waals surface area contributed by atoms with Crippen molar-refractivity contribution in [3.63, 3.8) is 0 Å². The highest BCUT2D eigenvalue weighted by molar-refractivity contribution is 6.12. The van der Waals surface area contributed by atoms with Gasteiger partial charge in [-0.15, -0.1) is 0 Å². The molecule has 0 N–H and O–H groups in total. The van der Waals surface area contributed by atoms with Gasteiger partial charge in [0.15, 0.2) is 0 Å². The molecule has 0 radical (unpaired) electrons. The van der Waals surface area contributed by atoms with E-state index in [0.29, 0.717) is 0 Å². The summed E-state index contributed by atoms with van der Waals surface area (Å²) in [5, 5.41) is 3.79. The number of aromatic nitrogens is 2. The normalized spacial score (nSPS) is 13.5. The Kier molecular flexibility index (Phi) is 2.77. The minimum Gasteiger partial charge on any atom is -0.291 e. The molecule has 0 fully saturated rings. The van der Waals surface area contributed by atoms with Crippen LogP contribution in [-0.4, -0.2) is 9.38 Å². The fourth-order valence-corrected chi connectivity index (χ4v) is 5.96. The van der Waals surface area contributed by atoms with E-state index in [-0.39, 0.29) is 0 Å². The Morgan fingerprint density at radius 3 is 2.23 bits per heavy atom. The molecule has 8 rings (SSSR count). The molecule has 31 heavy (non-hydrogen) atoms. The van der Waals surface area contributed by atoms with Crippen molar-refractivity contribution < 1.29 is 0 Å². The molecule has 2 aromatic heterocycles. The van der Waals surface area contributed by atoms with Gasteiger partial charge >= 0.3 is 0 Å². The molecule has 144 valence electrons. The third-order valence-electron chi connectivity index (χ3n) is 7.26. The number of benzene rings is 4. The fraction of sp³-hybridized carbons (Fsp3) is 0.0690. The van der Waals surface area contributed by atoms with E-state index < -0.39 is 0 Å². The third kappa shape index (κ3) is 1.87. The molecule has 0 spiro atoms. The van der Waals surface area contributed by atoms with Crippen molar-refractivity contribution in [2.45, 2.75) is 12.8 Å². The molecule has 4 aromatic carbocycles. The lowest BCUT2D eigenvalue weighted by Crippen LogP contribution is -1.96. The second-order valence-electron chi connectivity index (χ2n) is 8.76. The second-order valence-corrected chi connectivity index (χ2v) is 8.76. The highest BCUT2D eigenvalue weighted by Gasteiger charge is 2.31. The van der Waals surface area contributed by atoms with Gasteiger partial charge in [-0.2, -0.15) is 0 Å². The highest BCUT2D eigenvalue weighted by Crippen LogP contribution is 2.47. The summed E-state index contributed by atoms with van der Waals surface area (Å²) >= 11 is 0. The average Bonchev–Trinajstić information content (AvgIpc) is 3.48. The minimum atomic E-state index is 0.923. The molecule has 0 amide bonds. The molecule has 2 heteroatoms. The van der Waals surface area contributed by atoms with Crippen molar-refractivity contribution in [3.8, 4) is 22.4 Å². The predicted molar refractivity (Wildman–Crippen MR) is 127 cm³/mol. The summed E-state index contributed by atoms with van der Waals surface area (Å²) in [5.41, 5.74) is 13.4. The fourth-order valence-electron chi connectivity index (χ4n) is 5.96. The van der Waals surface area contributed by atoms with Crippen molar-refractivity contribution in [1.29, 1.82) is 0 Å². The molecule has 0 aliphatic heterocycles. The number of hydrogen-bond donors (Lipinski definition) is 0. The maximum absolute atomic E-state index is 5.22. The third-order valence-corrected chi connectivity index (χ3v) is 7.26. The average molecular weight is 394 g/mol. The van der Waals surface area contributed by atoms with Crippen LogP contribution in [0, 0.1) is 0 Å². The summed E-state index contributed by atoms with van der Waals surface area (Å²) in [6.07, 6.45) is 1.96. The van der Waals surface area contributed by atoms with E-state index >= 15 is 0 Å². The zero-order valence-corrected chi connectivity index (χ0v) is 16.9. The van der Waals surface area contributed by atoms with Gasteiger partial charge in [-0.05, 0) is 45.7 Å². The van der Waals surface area contributed by atoms with Gasteiger partial charge in [0.05, 0.1) is 16.9 Å². The van der Waals surface area contributed by atoms with E-state index in [1.165, 1.54) is 66.4 Å². The molecule has 0 unspecified atom stereocenters. The maximum atomic E-state index is 5.22. The van der Waals surface area contributed by atoms with Crippen molar-refractivity contribution in [3.05, 3.63) is 107 Å². The van der Waals surface area contributed by atoms with E-state index in [2.05, 4.69) is 89.3 Å². The summed E-state index contributed by atoms with van der Waals surface area (Å²) < 4.78 is 2.41. The van der Waals surface area contributed by atoms with Crippen LogP contribution in [0.25, 0.3) is 49.7 Å². The van der Waals surface area contributed by atoms with Crippen LogP contribution in [0.3, 0.4) is 0 Å². The maximum Gasteiger partial charge on any atom is 0.145 e. The van der Waals surface area contributed by atoms with E-state index in [1.807, 2.05) is 0 Å². The Morgan fingerprint density at radius 2 is 1.29 bits per heavy atom. The molecular weight excluding hydrogens is 376 g/mol. The van der Waals surface area contributed by atoms with Gasteiger partial charge in [-0.25, -0.2) is 4.98 Å². The van der Waals surface area contributed by atoms with E-state index in [1.54, 1.807) is 0 Å². The second kappa shape index (κ2) is 5.41. The topological polar surface area (TPSA) is 17.3 Å². The Balaban J connectivity index is 1.49. The Morgan fingerprint density at radius 1 is 0.581 bits per heavy atom. The molecule has 6 aromatic rings. The molecule has 2 aliphatic rings. The standard InChI is InChI=1S/C29H18N2/c1-2-8-18-17(7-1)15-24-20(18)13-14-22-25(24)16-26-28(22)31-27-12-6-5-10-21(27)19-9-3-4-11-23(19)29(31)30-26/h1-14H,15-16H2. The van der Waals surface area contributed by atoms with Crippen LogP contribution in [-0.2, 0) is 12.8 Å². The summed E-state index contributed by atoms with van der Waals surface area (Å²) in [6, 6.07) is 30.9. The minimum absolute atomic E-state index is 0.923. The lowest BCUT2D eigenvalue weighted by atomic mass is 9.97. The monoisotopic (exact) mass is 394 g/mol. The summed E-state index contributed by atoms with van der Waals surface area (Å²) in [7, 11) is 0. The van der Waals surface area contributed by atoms with Crippen molar-refractivity contribution in [2.24, 2.45) is 0 Å². The molecular formula is C29H18N2. The molecule has 2 nitrogen and oxygen atoms in total. The quantitative estimate of drug-likeness (QED) is 0.259. The van der Waals surface area contributed by atoms with E-state index in [4.69, 9.17) is 4.98 Å². The van der Waals surface area contributed by atoms with Gasteiger partial charge in [-0.1, -0.05) is 78.9 Å². The number of nitrogens with zero attached hydrogens (tertiary/aromatic N) is 2. The molecule has 2 aliphatic carbocycles. The molecule has 0 bridgehead atoms. The molecule has 0 saturated heterocycles. The summed E-state index contributed by atoms with van der Waals surface area (Å²) in [6.45, 7) is 0. The van der Waals surface area contributed by atoms with Gasteiger partial charge in [0.1, 0.15) is 5.65 Å². The number of pyridine rings is 1. The first-order chi connectivity index (χ1) is 15.4. The zero-order chi connectivity index (χ0) is 20.1. The van der Waals surface area contributed by atoms with Crippen LogP contribution >= 0.6 is 0 Å². The number of hydrogen-bond acceptors (Lipinski definition) is 1. The molecule has 0 saturated carbocycles. The number of imidazole rings is 1. The van der Waals surface area contributed by atoms with Crippen LogP contribution in [0.5, 0.6) is 0 Å². The first-order valence-corrected chi connectivity index (χ1v) is 10.9. The number of rotatable bonds is 0. The first-order valence-electron chi connectivity index (χ1n) is 10.9. The Labute approximate surface area is 179 Å². The lowest BCUT2D eigenvalue weighted by molar-refractivity contribution is 1.12. The van der Waals surface area contributed by atoms with Crippen molar-refractivity contribution in [2.75, 3.05) is 0 Å². The van der Waals surface area contributed by atoms with Gasteiger partial charge in [0.25, 0.3) is 0 Å². The lowest BCUT2D eigenvalue weighted by Gasteiger charge is -2.12. The van der Waals surface area contributed by atoms with Crippen LogP contribution in [0.1, 0.15) is 22.4 Å². The predicted octanol–water partition coefficient (Wildman–Crippen LogP) is 6.78. The Bertz CT molecular complexity index is 1740. The van der Waals surface area contributed by atoms with Gasteiger partial charge < -0.3 is 0 Å². The van der Waals surface area contributed by atoms with E-state index in [9.17, 15) is 0 Å². The van der Waals surface area contributed by atoms with Crippen molar-refractivity contribution >= 4 is 27.3 Å². The SMILES string of the molecule is c1ccc2c(c1)Cc1c-2ccc2c1Cc1nc3c4ccccc4c4ccccc4n3c1-2.